The normalized spacial score (nSPS) is 12.6. The summed E-state index contributed by atoms with van der Waals surface area (Å²) in [4.78, 5) is 4.30. The largest absolute Gasteiger partial charge is 0.489 e. The van der Waals surface area contributed by atoms with E-state index in [1.165, 1.54) is 0 Å². The van der Waals surface area contributed by atoms with Crippen LogP contribution in [0.4, 0.5) is 0 Å². The van der Waals surface area contributed by atoms with Crippen LogP contribution in [0.15, 0.2) is 35.2 Å². The highest BCUT2D eigenvalue weighted by Crippen LogP contribution is 2.27. The first-order chi connectivity index (χ1) is 10.1. The molecule has 0 spiro atoms. The number of nitrogens with one attached hydrogen (secondary N) is 1. The summed E-state index contributed by atoms with van der Waals surface area (Å²) in [6.07, 6.45) is 6.53. The molecule has 0 aliphatic rings. The third-order valence-corrected chi connectivity index (χ3v) is 3.20. The molecule has 0 radical (unpaired) electrons. The zero-order valence-corrected chi connectivity index (χ0v) is 13.2. The molecule has 2 aromatic heterocycles. The van der Waals surface area contributed by atoms with Gasteiger partial charge in [-0.25, -0.2) is 0 Å². The molecule has 1 N–H and O–H groups in total. The fourth-order valence-electron chi connectivity index (χ4n) is 2.26. The van der Waals surface area contributed by atoms with E-state index in [-0.39, 0.29) is 12.1 Å². The number of rotatable bonds is 7. The Labute approximate surface area is 126 Å². The van der Waals surface area contributed by atoms with Crippen LogP contribution in [-0.2, 0) is 0 Å². The molecule has 0 aliphatic heterocycles. The van der Waals surface area contributed by atoms with Crippen LogP contribution < -0.4 is 10.1 Å². The van der Waals surface area contributed by atoms with Gasteiger partial charge in [0.25, 0.3) is 0 Å². The smallest absolute Gasteiger partial charge is 0.138 e. The van der Waals surface area contributed by atoms with Crippen molar-refractivity contribution in [1.82, 2.24) is 10.3 Å². The van der Waals surface area contributed by atoms with Gasteiger partial charge >= 0.3 is 0 Å². The third kappa shape index (κ3) is 4.08. The van der Waals surface area contributed by atoms with Crippen molar-refractivity contribution in [2.45, 2.75) is 46.3 Å². The van der Waals surface area contributed by atoms with Gasteiger partial charge in [0, 0.05) is 6.20 Å². The molecule has 2 heterocycles. The van der Waals surface area contributed by atoms with Gasteiger partial charge in [0.2, 0.25) is 0 Å². The number of aromatic nitrogens is 1. The van der Waals surface area contributed by atoms with Gasteiger partial charge in [-0.3, -0.25) is 4.98 Å². The molecule has 2 aromatic rings. The molecule has 1 atom stereocenters. The summed E-state index contributed by atoms with van der Waals surface area (Å²) in [6.45, 7) is 9.14. The summed E-state index contributed by atoms with van der Waals surface area (Å²) in [6, 6.07) is 4.02. The summed E-state index contributed by atoms with van der Waals surface area (Å²) in [5.41, 5.74) is 2.19. The number of pyridine rings is 1. The second-order valence-electron chi connectivity index (χ2n) is 5.48. The number of aryl methyl sites for hydroxylation is 1. The number of nitrogens with zero attached hydrogens (tertiary/aromatic N) is 1. The predicted octanol–water partition coefficient (Wildman–Crippen LogP) is 3.86. The van der Waals surface area contributed by atoms with Gasteiger partial charge in [-0.05, 0) is 57.0 Å². The molecule has 1 unspecified atom stereocenters. The molecule has 0 aromatic carbocycles. The number of furan rings is 1. The molecule has 0 amide bonds. The molecule has 4 nitrogen and oxygen atoms in total. The van der Waals surface area contributed by atoms with Crippen LogP contribution >= 0.6 is 0 Å². The van der Waals surface area contributed by atoms with Gasteiger partial charge < -0.3 is 14.5 Å². The molecule has 0 saturated heterocycles. The second-order valence-corrected chi connectivity index (χ2v) is 5.48. The summed E-state index contributed by atoms with van der Waals surface area (Å²) in [5, 5.41) is 3.52. The van der Waals surface area contributed by atoms with Crippen LogP contribution in [0.2, 0.25) is 0 Å². The van der Waals surface area contributed by atoms with Crippen molar-refractivity contribution in [3.05, 3.63) is 47.7 Å². The maximum absolute atomic E-state index is 5.74. The minimum absolute atomic E-state index is 0.00293. The maximum Gasteiger partial charge on any atom is 0.138 e. The van der Waals surface area contributed by atoms with Crippen molar-refractivity contribution in [3.8, 4) is 5.75 Å². The minimum atomic E-state index is 0.00293. The van der Waals surface area contributed by atoms with E-state index in [0.717, 1.165) is 35.6 Å². The standard InChI is InChI=1S/C17H24N2O2/c1-5-7-19-16(17-13(4)6-8-20-17)14-9-15(11-18-10-14)21-12(2)3/h6,8-12,16,19H,5,7H2,1-4H3. The SMILES string of the molecule is CCCNC(c1cncc(OC(C)C)c1)c1occc1C. The highest BCUT2D eigenvalue weighted by Gasteiger charge is 2.19. The van der Waals surface area contributed by atoms with Crippen molar-refractivity contribution in [3.63, 3.8) is 0 Å². The minimum Gasteiger partial charge on any atom is -0.489 e. The lowest BCUT2D eigenvalue weighted by Crippen LogP contribution is -2.23. The van der Waals surface area contributed by atoms with Gasteiger partial charge in [-0.15, -0.1) is 0 Å². The topological polar surface area (TPSA) is 47.3 Å². The van der Waals surface area contributed by atoms with Crippen LogP contribution in [0.25, 0.3) is 0 Å². The van der Waals surface area contributed by atoms with Gasteiger partial charge in [-0.1, -0.05) is 6.92 Å². The molecule has 4 heteroatoms. The Kier molecular flexibility index (Phi) is 5.39. The van der Waals surface area contributed by atoms with E-state index in [2.05, 4.69) is 24.1 Å². The molecule has 2 rings (SSSR count). The van der Waals surface area contributed by atoms with Crippen LogP contribution in [0.5, 0.6) is 5.75 Å². The van der Waals surface area contributed by atoms with Gasteiger partial charge in [0.1, 0.15) is 11.5 Å². The number of ether oxygens (including phenoxy) is 1. The average molecular weight is 288 g/mol. The first-order valence-corrected chi connectivity index (χ1v) is 7.50. The Morgan fingerprint density at radius 2 is 2.14 bits per heavy atom. The fraction of sp³-hybridized carbons (Fsp3) is 0.471. The number of hydrogen-bond donors (Lipinski definition) is 1. The maximum atomic E-state index is 5.74. The Morgan fingerprint density at radius 3 is 2.76 bits per heavy atom. The molecule has 0 bridgehead atoms. The Balaban J connectivity index is 2.30. The molecular weight excluding hydrogens is 264 g/mol. The molecule has 0 fully saturated rings. The van der Waals surface area contributed by atoms with Crippen LogP contribution in [0.3, 0.4) is 0 Å². The van der Waals surface area contributed by atoms with Crippen molar-refractivity contribution in [2.24, 2.45) is 0 Å². The number of hydrogen-bond acceptors (Lipinski definition) is 4. The van der Waals surface area contributed by atoms with E-state index in [1.54, 1.807) is 12.5 Å². The van der Waals surface area contributed by atoms with E-state index >= 15 is 0 Å². The van der Waals surface area contributed by atoms with E-state index in [9.17, 15) is 0 Å². The summed E-state index contributed by atoms with van der Waals surface area (Å²) >= 11 is 0. The lowest BCUT2D eigenvalue weighted by atomic mass is 10.0. The lowest BCUT2D eigenvalue weighted by molar-refractivity contribution is 0.241. The highest BCUT2D eigenvalue weighted by molar-refractivity contribution is 5.33. The third-order valence-electron chi connectivity index (χ3n) is 3.20. The first-order valence-electron chi connectivity index (χ1n) is 7.50. The summed E-state index contributed by atoms with van der Waals surface area (Å²) in [5.74, 6) is 1.72. The summed E-state index contributed by atoms with van der Waals surface area (Å²) in [7, 11) is 0. The Bertz CT molecular complexity index is 563. The zero-order valence-electron chi connectivity index (χ0n) is 13.2. The van der Waals surface area contributed by atoms with Crippen LogP contribution in [0.1, 0.15) is 50.1 Å². The molecule has 0 aliphatic carbocycles. The lowest BCUT2D eigenvalue weighted by Gasteiger charge is -2.19. The highest BCUT2D eigenvalue weighted by atomic mass is 16.5. The van der Waals surface area contributed by atoms with Gasteiger partial charge in [0.15, 0.2) is 0 Å². The molecular formula is C17H24N2O2. The van der Waals surface area contributed by atoms with E-state index in [4.69, 9.17) is 9.15 Å². The van der Waals surface area contributed by atoms with E-state index in [1.807, 2.05) is 32.2 Å². The Morgan fingerprint density at radius 1 is 1.33 bits per heavy atom. The first kappa shape index (κ1) is 15.6. The molecule has 0 saturated carbocycles. The second kappa shape index (κ2) is 7.27. The monoisotopic (exact) mass is 288 g/mol. The van der Waals surface area contributed by atoms with Gasteiger partial charge in [-0.2, -0.15) is 0 Å². The van der Waals surface area contributed by atoms with Crippen LogP contribution in [-0.4, -0.2) is 17.6 Å². The van der Waals surface area contributed by atoms with Crippen molar-refractivity contribution in [1.29, 1.82) is 0 Å². The van der Waals surface area contributed by atoms with E-state index < -0.39 is 0 Å². The average Bonchev–Trinajstić information content (AvgIpc) is 2.85. The van der Waals surface area contributed by atoms with E-state index in [0.29, 0.717) is 0 Å². The quantitative estimate of drug-likeness (QED) is 0.840. The fourth-order valence-corrected chi connectivity index (χ4v) is 2.26. The predicted molar refractivity (Wildman–Crippen MR) is 83.6 cm³/mol. The molecule has 114 valence electrons. The Hall–Kier alpha value is -1.81. The van der Waals surface area contributed by atoms with Crippen LogP contribution in [0, 0.1) is 6.92 Å². The molecule has 21 heavy (non-hydrogen) atoms. The summed E-state index contributed by atoms with van der Waals surface area (Å²) < 4.78 is 11.4. The van der Waals surface area contributed by atoms with Crippen molar-refractivity contribution in [2.75, 3.05) is 6.54 Å². The van der Waals surface area contributed by atoms with Gasteiger partial charge in [0.05, 0.1) is 24.6 Å². The van der Waals surface area contributed by atoms with Crippen molar-refractivity contribution >= 4 is 0 Å². The van der Waals surface area contributed by atoms with Crippen molar-refractivity contribution < 1.29 is 9.15 Å². The zero-order chi connectivity index (χ0) is 15.2.